The van der Waals surface area contributed by atoms with Crippen molar-refractivity contribution < 1.29 is 27.4 Å². The van der Waals surface area contributed by atoms with Gasteiger partial charge in [-0.15, -0.1) is 0 Å². The lowest BCUT2D eigenvalue weighted by Crippen LogP contribution is -2.23. The van der Waals surface area contributed by atoms with Crippen LogP contribution < -0.4 is 14.8 Å². The number of nitrogens with one attached hydrogen (secondary N) is 1. The molecule has 2 aromatic heterocycles. The molecule has 32 heavy (non-hydrogen) atoms. The van der Waals surface area contributed by atoms with E-state index in [0.29, 0.717) is 21.6 Å². The Morgan fingerprint density at radius 2 is 1.84 bits per heavy atom. The van der Waals surface area contributed by atoms with Crippen LogP contribution in [0.25, 0.3) is 16.9 Å². The number of nitrogens with zero attached hydrogens (tertiary/aromatic N) is 3. The molecular formula is C22H15F3N4O3. The summed E-state index contributed by atoms with van der Waals surface area (Å²) in [5, 5.41) is 6.47. The lowest BCUT2D eigenvalue weighted by Gasteiger charge is -2.11. The van der Waals surface area contributed by atoms with E-state index in [9.17, 15) is 18.0 Å². The number of halogens is 3. The van der Waals surface area contributed by atoms with Gasteiger partial charge in [-0.2, -0.15) is 18.3 Å². The third kappa shape index (κ3) is 3.59. The zero-order valence-corrected chi connectivity index (χ0v) is 16.4. The van der Waals surface area contributed by atoms with Crippen molar-refractivity contribution in [1.29, 1.82) is 0 Å². The van der Waals surface area contributed by atoms with E-state index in [1.807, 2.05) is 0 Å². The summed E-state index contributed by atoms with van der Waals surface area (Å²) in [5.41, 5.74) is 0.0733. The van der Waals surface area contributed by atoms with Crippen LogP contribution in [0.5, 0.6) is 11.5 Å². The predicted molar refractivity (Wildman–Crippen MR) is 107 cm³/mol. The molecule has 0 radical (unpaired) electrons. The molecule has 5 rings (SSSR count). The van der Waals surface area contributed by atoms with Gasteiger partial charge < -0.3 is 14.8 Å². The molecule has 162 valence electrons. The van der Waals surface area contributed by atoms with E-state index in [-0.39, 0.29) is 30.2 Å². The Morgan fingerprint density at radius 1 is 1.06 bits per heavy atom. The number of carbonyl (C=O) groups excluding carboxylic acids is 1. The van der Waals surface area contributed by atoms with Crippen LogP contribution in [0.3, 0.4) is 0 Å². The van der Waals surface area contributed by atoms with E-state index in [0.717, 1.165) is 17.8 Å². The molecule has 0 atom stereocenters. The number of fused-ring (bicyclic) bond motifs is 2. The summed E-state index contributed by atoms with van der Waals surface area (Å²) in [7, 11) is 0. The zero-order valence-electron chi connectivity index (χ0n) is 16.4. The van der Waals surface area contributed by atoms with Crippen LogP contribution in [0.15, 0.2) is 60.8 Å². The molecule has 0 aliphatic carbocycles. The molecule has 0 fully saturated rings. The van der Waals surface area contributed by atoms with Gasteiger partial charge in [-0.05, 0) is 23.8 Å². The number of carbonyl (C=O) groups is 1. The minimum atomic E-state index is -4.68. The molecule has 1 amide bonds. The zero-order chi connectivity index (χ0) is 22.3. The van der Waals surface area contributed by atoms with E-state index in [1.165, 1.54) is 0 Å². The van der Waals surface area contributed by atoms with Gasteiger partial charge in [0, 0.05) is 12.1 Å². The Bertz CT molecular complexity index is 1320. The number of hydrogen-bond donors (Lipinski definition) is 1. The second kappa shape index (κ2) is 7.56. The van der Waals surface area contributed by atoms with E-state index in [2.05, 4.69) is 15.4 Å². The molecule has 2 aromatic carbocycles. The van der Waals surface area contributed by atoms with Crippen molar-refractivity contribution in [2.75, 3.05) is 6.79 Å². The van der Waals surface area contributed by atoms with Crippen LogP contribution in [0.1, 0.15) is 21.6 Å². The monoisotopic (exact) mass is 440 g/mol. The van der Waals surface area contributed by atoms with Gasteiger partial charge >= 0.3 is 6.18 Å². The Morgan fingerprint density at radius 3 is 2.62 bits per heavy atom. The molecule has 0 saturated heterocycles. The maximum atomic E-state index is 13.7. The van der Waals surface area contributed by atoms with Crippen molar-refractivity contribution in [2.24, 2.45) is 0 Å². The molecule has 4 aromatic rings. The van der Waals surface area contributed by atoms with Crippen LogP contribution in [-0.4, -0.2) is 27.3 Å². The van der Waals surface area contributed by atoms with E-state index >= 15 is 0 Å². The molecule has 0 saturated carbocycles. The van der Waals surface area contributed by atoms with Gasteiger partial charge in [-0.25, -0.2) is 9.50 Å². The van der Waals surface area contributed by atoms with Gasteiger partial charge in [-0.3, -0.25) is 4.79 Å². The quantitative estimate of drug-likeness (QED) is 0.518. The summed E-state index contributed by atoms with van der Waals surface area (Å²) in [6.07, 6.45) is -3.60. The van der Waals surface area contributed by atoms with Gasteiger partial charge in [-0.1, -0.05) is 36.4 Å². The molecule has 10 heteroatoms. The Hall–Kier alpha value is -4.08. The van der Waals surface area contributed by atoms with Gasteiger partial charge in [0.15, 0.2) is 22.8 Å². The van der Waals surface area contributed by atoms with Crippen molar-refractivity contribution in [2.45, 2.75) is 12.7 Å². The maximum absolute atomic E-state index is 13.7. The molecule has 1 aliphatic rings. The standard InChI is InChI=1S/C22H15F3N4O3/c23-22(24,25)19-9-16(14-4-2-1-3-5-14)28-20-15(11-27-29(19)20)21(30)26-10-13-6-7-17-18(8-13)32-12-31-17/h1-9,11H,10,12H2,(H,26,30). The minimum absolute atomic E-state index is 0.0611. The van der Waals surface area contributed by atoms with Gasteiger partial charge in [0.1, 0.15) is 5.56 Å². The van der Waals surface area contributed by atoms with E-state index < -0.39 is 17.8 Å². The first-order chi connectivity index (χ1) is 15.4. The molecule has 0 bridgehead atoms. The number of aromatic nitrogens is 3. The first-order valence-corrected chi connectivity index (χ1v) is 9.58. The summed E-state index contributed by atoms with van der Waals surface area (Å²) in [6.45, 7) is 0.266. The highest BCUT2D eigenvalue weighted by Gasteiger charge is 2.36. The van der Waals surface area contributed by atoms with Gasteiger partial charge in [0.05, 0.1) is 11.9 Å². The summed E-state index contributed by atoms with van der Waals surface area (Å²) in [4.78, 5) is 17.1. The third-order valence-electron chi connectivity index (χ3n) is 4.97. The fourth-order valence-corrected chi connectivity index (χ4v) is 3.41. The second-order valence-corrected chi connectivity index (χ2v) is 7.05. The van der Waals surface area contributed by atoms with Crippen LogP contribution in [-0.2, 0) is 12.7 Å². The number of rotatable bonds is 4. The minimum Gasteiger partial charge on any atom is -0.454 e. The Balaban J connectivity index is 1.49. The summed E-state index contributed by atoms with van der Waals surface area (Å²) >= 11 is 0. The maximum Gasteiger partial charge on any atom is 0.433 e. The molecule has 3 heterocycles. The smallest absolute Gasteiger partial charge is 0.433 e. The number of benzene rings is 2. The molecule has 1 N–H and O–H groups in total. The highest BCUT2D eigenvalue weighted by molar-refractivity contribution is 5.99. The Labute approximate surface area is 179 Å². The highest BCUT2D eigenvalue weighted by atomic mass is 19.4. The van der Waals surface area contributed by atoms with Gasteiger partial charge in [0.2, 0.25) is 6.79 Å². The normalized spacial score (nSPS) is 12.8. The average molecular weight is 440 g/mol. The second-order valence-electron chi connectivity index (χ2n) is 7.05. The van der Waals surface area contributed by atoms with E-state index in [1.54, 1.807) is 48.5 Å². The van der Waals surface area contributed by atoms with Crippen LogP contribution in [0.4, 0.5) is 13.2 Å². The van der Waals surface area contributed by atoms with Crippen molar-refractivity contribution in [1.82, 2.24) is 19.9 Å². The first-order valence-electron chi connectivity index (χ1n) is 9.58. The van der Waals surface area contributed by atoms with Crippen molar-refractivity contribution in [3.05, 3.63) is 77.6 Å². The molecule has 0 spiro atoms. The lowest BCUT2D eigenvalue weighted by atomic mass is 10.1. The van der Waals surface area contributed by atoms with Crippen LogP contribution in [0, 0.1) is 0 Å². The summed E-state index contributed by atoms with van der Waals surface area (Å²) in [5.74, 6) is 0.584. The topological polar surface area (TPSA) is 77.8 Å². The predicted octanol–water partition coefficient (Wildman–Crippen LogP) is 4.07. The summed E-state index contributed by atoms with van der Waals surface area (Å²) in [6, 6.07) is 14.6. The molecule has 1 aliphatic heterocycles. The highest BCUT2D eigenvalue weighted by Crippen LogP contribution is 2.33. The van der Waals surface area contributed by atoms with Crippen LogP contribution >= 0.6 is 0 Å². The SMILES string of the molecule is O=C(NCc1ccc2c(c1)OCO2)c1cnn2c(C(F)(F)F)cc(-c3ccccc3)nc12. The molecule has 0 unspecified atom stereocenters. The van der Waals surface area contributed by atoms with Gasteiger partial charge in [0.25, 0.3) is 5.91 Å². The fourth-order valence-electron chi connectivity index (χ4n) is 3.41. The van der Waals surface area contributed by atoms with Crippen molar-refractivity contribution in [3.63, 3.8) is 0 Å². The molecule has 7 nitrogen and oxygen atoms in total. The van der Waals surface area contributed by atoms with Crippen molar-refractivity contribution >= 4 is 11.6 Å². The number of hydrogen-bond acceptors (Lipinski definition) is 5. The van der Waals surface area contributed by atoms with Crippen LogP contribution in [0.2, 0.25) is 0 Å². The molecular weight excluding hydrogens is 425 g/mol. The summed E-state index contributed by atoms with van der Waals surface area (Å²) < 4.78 is 52.3. The lowest BCUT2D eigenvalue weighted by molar-refractivity contribution is -0.142. The number of ether oxygens (including phenoxy) is 2. The average Bonchev–Trinajstić information content (AvgIpc) is 3.43. The third-order valence-corrected chi connectivity index (χ3v) is 4.97. The number of alkyl halides is 3. The number of amides is 1. The first kappa shape index (κ1) is 19.9. The Kier molecular flexibility index (Phi) is 4.69. The fraction of sp³-hybridized carbons (Fsp3) is 0.136. The largest absolute Gasteiger partial charge is 0.454 e. The van der Waals surface area contributed by atoms with E-state index in [4.69, 9.17) is 9.47 Å². The van der Waals surface area contributed by atoms with Crippen molar-refractivity contribution in [3.8, 4) is 22.8 Å².